The Balaban J connectivity index is 1.50. The first-order valence-corrected chi connectivity index (χ1v) is 8.91. The van der Waals surface area contributed by atoms with E-state index in [1.807, 2.05) is 49.4 Å². The first-order chi connectivity index (χ1) is 12.6. The van der Waals surface area contributed by atoms with Crippen LogP contribution >= 0.6 is 11.6 Å². The maximum atomic E-state index is 12.4. The van der Waals surface area contributed by atoms with Gasteiger partial charge < -0.3 is 5.32 Å². The van der Waals surface area contributed by atoms with Crippen LogP contribution in [0, 0.1) is 6.92 Å². The van der Waals surface area contributed by atoms with Gasteiger partial charge in [0.2, 0.25) is 11.8 Å². The van der Waals surface area contributed by atoms with Crippen LogP contribution < -0.4 is 5.32 Å². The van der Waals surface area contributed by atoms with E-state index in [2.05, 4.69) is 10.4 Å². The summed E-state index contributed by atoms with van der Waals surface area (Å²) in [6.07, 6.45) is 1.03. The van der Waals surface area contributed by atoms with Crippen LogP contribution in [-0.4, -0.2) is 21.6 Å². The molecule has 1 amide bonds. The number of rotatable bonds is 6. The molecule has 0 aliphatic heterocycles. The van der Waals surface area contributed by atoms with E-state index in [0.717, 1.165) is 22.2 Å². The SMILES string of the molecule is Cc1nn(C(=O)CCCC(=O)NCc2ccccc2Cl)c2ccccc12. The highest BCUT2D eigenvalue weighted by molar-refractivity contribution is 6.31. The summed E-state index contributed by atoms with van der Waals surface area (Å²) in [5.74, 6) is -0.201. The van der Waals surface area contributed by atoms with E-state index in [1.165, 1.54) is 4.68 Å². The Labute approximate surface area is 157 Å². The number of carbonyl (C=O) groups excluding carboxylic acids is 2. The quantitative estimate of drug-likeness (QED) is 0.710. The molecule has 0 saturated carbocycles. The van der Waals surface area contributed by atoms with Crippen LogP contribution in [0.1, 0.15) is 35.3 Å². The zero-order valence-electron chi connectivity index (χ0n) is 14.5. The molecule has 1 N–H and O–H groups in total. The van der Waals surface area contributed by atoms with Crippen LogP contribution in [0.5, 0.6) is 0 Å². The van der Waals surface area contributed by atoms with Crippen LogP contribution in [0.4, 0.5) is 0 Å². The fraction of sp³-hybridized carbons (Fsp3) is 0.250. The van der Waals surface area contributed by atoms with Crippen molar-refractivity contribution in [2.75, 3.05) is 0 Å². The molecular formula is C20H20ClN3O2. The molecule has 0 aliphatic rings. The molecule has 0 unspecified atom stereocenters. The molecule has 1 aromatic heterocycles. The van der Waals surface area contributed by atoms with Gasteiger partial charge >= 0.3 is 0 Å². The second-order valence-electron chi connectivity index (χ2n) is 6.13. The number of benzene rings is 2. The van der Waals surface area contributed by atoms with Crippen molar-refractivity contribution in [3.8, 4) is 0 Å². The number of nitrogens with one attached hydrogen (secondary N) is 1. The van der Waals surface area contributed by atoms with Gasteiger partial charge in [0.05, 0.1) is 11.2 Å². The molecule has 0 bridgehead atoms. The molecule has 0 radical (unpaired) electrons. The Kier molecular flexibility index (Phi) is 5.68. The molecule has 0 aliphatic carbocycles. The Morgan fingerprint density at radius 1 is 1.08 bits per heavy atom. The number of halogens is 1. The van der Waals surface area contributed by atoms with Gasteiger partial charge in [-0.2, -0.15) is 9.78 Å². The van der Waals surface area contributed by atoms with Crippen molar-refractivity contribution in [3.05, 3.63) is 64.8 Å². The van der Waals surface area contributed by atoms with E-state index in [4.69, 9.17) is 11.6 Å². The number of para-hydroxylation sites is 1. The number of aryl methyl sites for hydroxylation is 1. The van der Waals surface area contributed by atoms with Gasteiger partial charge in [-0.25, -0.2) is 0 Å². The van der Waals surface area contributed by atoms with Crippen LogP contribution in [0.3, 0.4) is 0 Å². The minimum Gasteiger partial charge on any atom is -0.352 e. The van der Waals surface area contributed by atoms with Gasteiger partial charge in [-0.3, -0.25) is 9.59 Å². The highest BCUT2D eigenvalue weighted by Gasteiger charge is 2.13. The van der Waals surface area contributed by atoms with Crippen molar-refractivity contribution in [2.24, 2.45) is 0 Å². The normalized spacial score (nSPS) is 10.8. The largest absolute Gasteiger partial charge is 0.352 e. The number of hydrogen-bond acceptors (Lipinski definition) is 3. The summed E-state index contributed by atoms with van der Waals surface area (Å²) >= 11 is 6.07. The molecular weight excluding hydrogens is 350 g/mol. The smallest absolute Gasteiger partial charge is 0.247 e. The minimum atomic E-state index is -0.104. The van der Waals surface area contributed by atoms with Gasteiger partial charge in [-0.1, -0.05) is 48.0 Å². The summed E-state index contributed by atoms with van der Waals surface area (Å²) in [5, 5.41) is 8.75. The lowest BCUT2D eigenvalue weighted by molar-refractivity contribution is -0.121. The fourth-order valence-electron chi connectivity index (χ4n) is 2.84. The lowest BCUT2D eigenvalue weighted by atomic mass is 10.2. The highest BCUT2D eigenvalue weighted by Crippen LogP contribution is 2.18. The predicted molar refractivity (Wildman–Crippen MR) is 102 cm³/mol. The number of fused-ring (bicyclic) bond motifs is 1. The van der Waals surface area contributed by atoms with E-state index in [1.54, 1.807) is 6.07 Å². The van der Waals surface area contributed by atoms with Gasteiger partial charge in [0.15, 0.2) is 0 Å². The van der Waals surface area contributed by atoms with E-state index >= 15 is 0 Å². The van der Waals surface area contributed by atoms with Gasteiger partial charge in [0, 0.05) is 29.8 Å². The minimum absolute atomic E-state index is 0.0979. The second-order valence-corrected chi connectivity index (χ2v) is 6.54. The standard InChI is InChI=1S/C20H20ClN3O2/c1-14-16-8-3-5-10-18(16)24(23-14)20(26)12-6-11-19(25)22-13-15-7-2-4-9-17(15)21/h2-5,7-10H,6,11-13H2,1H3,(H,22,25). The van der Waals surface area contributed by atoms with Crippen molar-refractivity contribution in [1.82, 2.24) is 15.1 Å². The number of hydrogen-bond donors (Lipinski definition) is 1. The Hall–Kier alpha value is -2.66. The summed E-state index contributed by atoms with van der Waals surface area (Å²) in [4.78, 5) is 24.4. The molecule has 0 spiro atoms. The van der Waals surface area contributed by atoms with Crippen molar-refractivity contribution in [3.63, 3.8) is 0 Å². The molecule has 3 aromatic rings. The van der Waals surface area contributed by atoms with Gasteiger partial charge in [0.1, 0.15) is 0 Å². The van der Waals surface area contributed by atoms with E-state index in [9.17, 15) is 9.59 Å². The zero-order chi connectivity index (χ0) is 18.5. The molecule has 1 heterocycles. The Morgan fingerprint density at radius 3 is 2.62 bits per heavy atom. The fourth-order valence-corrected chi connectivity index (χ4v) is 3.04. The van der Waals surface area contributed by atoms with Crippen LogP contribution in [0.25, 0.3) is 10.9 Å². The number of amides is 1. The topological polar surface area (TPSA) is 64.0 Å². The molecule has 0 atom stereocenters. The molecule has 6 heteroatoms. The Bertz CT molecular complexity index is 949. The summed E-state index contributed by atoms with van der Waals surface area (Å²) in [6.45, 7) is 2.27. The van der Waals surface area contributed by atoms with E-state index in [0.29, 0.717) is 18.0 Å². The first-order valence-electron chi connectivity index (χ1n) is 8.54. The lowest BCUT2D eigenvalue weighted by Crippen LogP contribution is -2.23. The van der Waals surface area contributed by atoms with Gasteiger partial charge in [0.25, 0.3) is 0 Å². The summed E-state index contributed by atoms with van der Waals surface area (Å²) < 4.78 is 1.44. The third kappa shape index (κ3) is 4.11. The number of carbonyl (C=O) groups is 2. The maximum absolute atomic E-state index is 12.4. The molecule has 134 valence electrons. The van der Waals surface area contributed by atoms with Crippen molar-refractivity contribution >= 4 is 34.3 Å². The average Bonchev–Trinajstić information content (AvgIpc) is 2.98. The lowest BCUT2D eigenvalue weighted by Gasteiger charge is -2.07. The second kappa shape index (κ2) is 8.15. The molecule has 0 saturated heterocycles. The highest BCUT2D eigenvalue weighted by atomic mass is 35.5. The summed E-state index contributed by atoms with van der Waals surface area (Å²) in [5.41, 5.74) is 2.50. The third-order valence-corrected chi connectivity index (χ3v) is 4.61. The van der Waals surface area contributed by atoms with Crippen molar-refractivity contribution < 1.29 is 9.59 Å². The van der Waals surface area contributed by atoms with Crippen LogP contribution in [0.15, 0.2) is 48.5 Å². The van der Waals surface area contributed by atoms with Crippen molar-refractivity contribution in [2.45, 2.75) is 32.7 Å². The van der Waals surface area contributed by atoms with Crippen LogP contribution in [0.2, 0.25) is 5.02 Å². The Morgan fingerprint density at radius 2 is 1.81 bits per heavy atom. The van der Waals surface area contributed by atoms with E-state index < -0.39 is 0 Å². The summed E-state index contributed by atoms with van der Waals surface area (Å²) in [6, 6.07) is 15.0. The molecule has 26 heavy (non-hydrogen) atoms. The number of nitrogens with zero attached hydrogens (tertiary/aromatic N) is 2. The summed E-state index contributed by atoms with van der Waals surface area (Å²) in [7, 11) is 0. The first kappa shape index (κ1) is 18.1. The monoisotopic (exact) mass is 369 g/mol. The number of aromatic nitrogens is 2. The molecule has 5 nitrogen and oxygen atoms in total. The van der Waals surface area contributed by atoms with Gasteiger partial charge in [-0.15, -0.1) is 0 Å². The third-order valence-electron chi connectivity index (χ3n) is 4.24. The van der Waals surface area contributed by atoms with E-state index in [-0.39, 0.29) is 24.7 Å². The molecule has 2 aromatic carbocycles. The van der Waals surface area contributed by atoms with Crippen LogP contribution in [-0.2, 0) is 11.3 Å². The predicted octanol–water partition coefficient (Wildman–Crippen LogP) is 4.13. The molecule has 3 rings (SSSR count). The van der Waals surface area contributed by atoms with Gasteiger partial charge in [-0.05, 0) is 31.0 Å². The maximum Gasteiger partial charge on any atom is 0.247 e. The average molecular weight is 370 g/mol. The van der Waals surface area contributed by atoms with Crippen molar-refractivity contribution in [1.29, 1.82) is 0 Å². The molecule has 0 fully saturated rings. The zero-order valence-corrected chi connectivity index (χ0v) is 15.3.